The molecular weight excluding hydrogens is 597 g/mol. The molecule has 0 saturated heterocycles. The summed E-state index contributed by atoms with van der Waals surface area (Å²) in [6.45, 7) is 3.24. The number of ether oxygens (including phenoxy) is 2. The number of anilines is 1. The topological polar surface area (TPSA) is 105 Å². The van der Waals surface area contributed by atoms with E-state index in [9.17, 15) is 22.4 Å². The smallest absolute Gasteiger partial charge is 0.264 e. The maximum absolute atomic E-state index is 14.3. The molecule has 45 heavy (non-hydrogen) atoms. The van der Waals surface area contributed by atoms with Crippen molar-refractivity contribution in [1.82, 2.24) is 10.2 Å². The number of carbonyl (C=O) groups is 2. The number of methoxy groups -OCH3 is 2. The molecule has 1 aliphatic rings. The molecule has 11 heteroatoms. The second-order valence-electron chi connectivity index (χ2n) is 11.2. The average Bonchev–Trinajstić information content (AvgIpc) is 3.04. The Morgan fingerprint density at radius 1 is 0.956 bits per heavy atom. The molecule has 1 fully saturated rings. The Bertz CT molecular complexity index is 1570. The number of rotatable bonds is 13. The minimum Gasteiger partial charge on any atom is -0.493 e. The molecule has 3 aromatic rings. The Balaban J connectivity index is 1.74. The van der Waals surface area contributed by atoms with E-state index in [4.69, 9.17) is 9.47 Å². The van der Waals surface area contributed by atoms with Gasteiger partial charge in [0.05, 0.1) is 24.8 Å². The number of benzene rings is 3. The Morgan fingerprint density at radius 3 is 2.24 bits per heavy atom. The van der Waals surface area contributed by atoms with Crippen LogP contribution in [0.25, 0.3) is 0 Å². The van der Waals surface area contributed by atoms with Crippen molar-refractivity contribution in [1.29, 1.82) is 0 Å². The number of nitrogens with one attached hydrogen (secondary N) is 1. The molecule has 1 N–H and O–H groups in total. The SMILES string of the molecule is CC[C@H](C(=O)NC1CCCCC1)N(Cc1ccccc1C)C(=O)CN(c1ccc(F)cc1)S(=O)(=O)c1ccc(OC)c(OC)c1. The number of carbonyl (C=O) groups excluding carboxylic acids is 2. The van der Waals surface area contributed by atoms with Crippen molar-refractivity contribution >= 4 is 27.5 Å². The summed E-state index contributed by atoms with van der Waals surface area (Å²) >= 11 is 0. The number of hydrogen-bond donors (Lipinski definition) is 1. The van der Waals surface area contributed by atoms with Crippen LogP contribution in [-0.2, 0) is 26.2 Å². The summed E-state index contributed by atoms with van der Waals surface area (Å²) in [5, 5.41) is 3.14. The van der Waals surface area contributed by atoms with E-state index in [0.717, 1.165) is 59.7 Å². The zero-order valence-electron chi connectivity index (χ0n) is 26.3. The highest BCUT2D eigenvalue weighted by Crippen LogP contribution is 2.32. The van der Waals surface area contributed by atoms with E-state index in [1.807, 2.05) is 38.1 Å². The first-order valence-corrected chi connectivity index (χ1v) is 16.7. The Kier molecular flexibility index (Phi) is 11.4. The van der Waals surface area contributed by atoms with Crippen LogP contribution in [-0.4, -0.2) is 58.0 Å². The first-order chi connectivity index (χ1) is 21.6. The zero-order valence-corrected chi connectivity index (χ0v) is 27.1. The molecule has 0 heterocycles. The fourth-order valence-corrected chi connectivity index (χ4v) is 7.11. The second-order valence-corrected chi connectivity index (χ2v) is 13.1. The van der Waals surface area contributed by atoms with Crippen LogP contribution in [0, 0.1) is 12.7 Å². The van der Waals surface area contributed by atoms with Gasteiger partial charge in [-0.2, -0.15) is 0 Å². The predicted molar refractivity (Wildman–Crippen MR) is 171 cm³/mol. The normalized spacial score (nSPS) is 14.3. The molecule has 9 nitrogen and oxygen atoms in total. The van der Waals surface area contributed by atoms with Crippen LogP contribution in [0.5, 0.6) is 11.5 Å². The molecular formula is C34H42FN3O6S. The Hall–Kier alpha value is -4.12. The summed E-state index contributed by atoms with van der Waals surface area (Å²) in [6, 6.07) is 15.8. The van der Waals surface area contributed by atoms with E-state index in [-0.39, 0.29) is 34.8 Å². The summed E-state index contributed by atoms with van der Waals surface area (Å²) in [4.78, 5) is 29.3. The third-order valence-corrected chi connectivity index (χ3v) is 10.0. The van der Waals surface area contributed by atoms with Gasteiger partial charge >= 0.3 is 0 Å². The minimum absolute atomic E-state index is 0.0388. The molecule has 1 aliphatic carbocycles. The lowest BCUT2D eigenvalue weighted by Gasteiger charge is -2.34. The van der Waals surface area contributed by atoms with E-state index in [1.165, 1.54) is 49.5 Å². The van der Waals surface area contributed by atoms with Gasteiger partial charge in [-0.15, -0.1) is 0 Å². The summed E-state index contributed by atoms with van der Waals surface area (Å²) in [7, 11) is -1.55. The van der Waals surface area contributed by atoms with Crippen molar-refractivity contribution in [3.05, 3.63) is 83.7 Å². The molecule has 0 bridgehead atoms. The van der Waals surface area contributed by atoms with Crippen molar-refractivity contribution in [2.75, 3.05) is 25.1 Å². The molecule has 242 valence electrons. The van der Waals surface area contributed by atoms with Crippen molar-refractivity contribution in [3.8, 4) is 11.5 Å². The molecule has 0 aromatic heterocycles. The number of amides is 2. The summed E-state index contributed by atoms with van der Waals surface area (Å²) < 4.78 is 53.8. The van der Waals surface area contributed by atoms with Gasteiger partial charge in [-0.3, -0.25) is 13.9 Å². The lowest BCUT2D eigenvalue weighted by molar-refractivity contribution is -0.140. The largest absolute Gasteiger partial charge is 0.493 e. The highest BCUT2D eigenvalue weighted by atomic mass is 32.2. The van der Waals surface area contributed by atoms with Gasteiger partial charge in [0.25, 0.3) is 10.0 Å². The lowest BCUT2D eigenvalue weighted by atomic mass is 9.95. The molecule has 0 unspecified atom stereocenters. The van der Waals surface area contributed by atoms with Crippen LogP contribution >= 0.6 is 0 Å². The number of halogens is 1. The first-order valence-electron chi connectivity index (χ1n) is 15.2. The van der Waals surface area contributed by atoms with Gasteiger partial charge in [-0.05, 0) is 73.7 Å². The average molecular weight is 640 g/mol. The predicted octanol–water partition coefficient (Wildman–Crippen LogP) is 5.60. The zero-order chi connectivity index (χ0) is 32.6. The number of hydrogen-bond acceptors (Lipinski definition) is 6. The monoisotopic (exact) mass is 639 g/mol. The Morgan fingerprint density at radius 2 is 1.62 bits per heavy atom. The van der Waals surface area contributed by atoms with Crippen molar-refractivity contribution in [3.63, 3.8) is 0 Å². The van der Waals surface area contributed by atoms with Crippen LogP contribution in [0.15, 0.2) is 71.6 Å². The van der Waals surface area contributed by atoms with Crippen LogP contribution < -0.4 is 19.1 Å². The first kappa shape index (κ1) is 33.8. The summed E-state index contributed by atoms with van der Waals surface area (Å²) in [5.41, 5.74) is 1.87. The fourth-order valence-electron chi connectivity index (χ4n) is 5.68. The maximum Gasteiger partial charge on any atom is 0.264 e. The van der Waals surface area contributed by atoms with E-state index in [0.29, 0.717) is 12.2 Å². The third kappa shape index (κ3) is 8.13. The van der Waals surface area contributed by atoms with Crippen LogP contribution in [0.3, 0.4) is 0 Å². The highest BCUT2D eigenvalue weighted by molar-refractivity contribution is 7.92. The van der Waals surface area contributed by atoms with Crippen LogP contribution in [0.1, 0.15) is 56.6 Å². The maximum atomic E-state index is 14.3. The van der Waals surface area contributed by atoms with E-state index < -0.39 is 34.3 Å². The van der Waals surface area contributed by atoms with Gasteiger partial charge in [0, 0.05) is 18.7 Å². The molecule has 4 rings (SSSR count). The van der Waals surface area contributed by atoms with Crippen molar-refractivity contribution in [2.24, 2.45) is 0 Å². The molecule has 2 amide bonds. The standard InChI is InChI=1S/C34H42FN3O6S/c1-5-30(34(40)36-27-13-7-6-8-14-27)37(22-25-12-10-9-11-24(25)2)33(39)23-38(28-17-15-26(35)16-18-28)45(41,42)29-19-20-31(43-3)32(21-29)44-4/h9-12,15-21,27,30H,5-8,13-14,22-23H2,1-4H3,(H,36,40)/t30-/m1/s1. The number of sulfonamides is 1. The highest BCUT2D eigenvalue weighted by Gasteiger charge is 2.35. The minimum atomic E-state index is -4.38. The van der Waals surface area contributed by atoms with Gasteiger partial charge in [-0.25, -0.2) is 12.8 Å². The van der Waals surface area contributed by atoms with Gasteiger partial charge in [0.2, 0.25) is 11.8 Å². The van der Waals surface area contributed by atoms with Gasteiger partial charge < -0.3 is 19.7 Å². The van der Waals surface area contributed by atoms with E-state index in [2.05, 4.69) is 5.32 Å². The Labute approximate surface area is 265 Å². The summed E-state index contributed by atoms with van der Waals surface area (Å²) in [6.07, 6.45) is 5.30. The number of aryl methyl sites for hydroxylation is 1. The number of nitrogens with zero attached hydrogens (tertiary/aromatic N) is 2. The molecule has 0 radical (unpaired) electrons. The molecule has 0 aliphatic heterocycles. The quantitative estimate of drug-likeness (QED) is 0.261. The molecule has 1 atom stereocenters. The van der Waals surface area contributed by atoms with E-state index in [1.54, 1.807) is 0 Å². The molecule has 1 saturated carbocycles. The van der Waals surface area contributed by atoms with Crippen molar-refractivity contribution < 1.29 is 31.9 Å². The fraction of sp³-hybridized carbons (Fsp3) is 0.412. The van der Waals surface area contributed by atoms with Gasteiger partial charge in [-0.1, -0.05) is 50.5 Å². The van der Waals surface area contributed by atoms with E-state index >= 15 is 0 Å². The lowest BCUT2D eigenvalue weighted by Crippen LogP contribution is -2.54. The summed E-state index contributed by atoms with van der Waals surface area (Å²) in [5.74, 6) is -0.865. The van der Waals surface area contributed by atoms with Gasteiger partial charge in [0.1, 0.15) is 18.4 Å². The second kappa shape index (κ2) is 15.2. The van der Waals surface area contributed by atoms with Crippen LogP contribution in [0.4, 0.5) is 10.1 Å². The van der Waals surface area contributed by atoms with Crippen molar-refractivity contribution in [2.45, 2.75) is 75.9 Å². The molecule has 3 aromatic carbocycles. The third-order valence-electron chi connectivity index (χ3n) is 8.28. The van der Waals surface area contributed by atoms with Gasteiger partial charge in [0.15, 0.2) is 11.5 Å². The van der Waals surface area contributed by atoms with Crippen LogP contribution in [0.2, 0.25) is 0 Å². The molecule has 0 spiro atoms.